The Labute approximate surface area is 112 Å². The van der Waals surface area contributed by atoms with Crippen molar-refractivity contribution in [3.63, 3.8) is 0 Å². The lowest BCUT2D eigenvalue weighted by molar-refractivity contribution is -0.152. The highest BCUT2D eigenvalue weighted by Gasteiger charge is 2.50. The molecule has 0 radical (unpaired) electrons. The van der Waals surface area contributed by atoms with Crippen LogP contribution < -0.4 is 5.32 Å². The van der Waals surface area contributed by atoms with Crippen molar-refractivity contribution in [3.8, 4) is 0 Å². The maximum absolute atomic E-state index is 12.1. The fourth-order valence-electron chi connectivity index (χ4n) is 2.82. The van der Waals surface area contributed by atoms with E-state index in [0.29, 0.717) is 0 Å². The quantitative estimate of drug-likeness (QED) is 0.580. The largest absolute Gasteiger partial charge is 0.464 e. The van der Waals surface area contributed by atoms with Crippen molar-refractivity contribution in [3.05, 3.63) is 11.1 Å². The Morgan fingerprint density at radius 3 is 2.21 bits per heavy atom. The van der Waals surface area contributed by atoms with Crippen LogP contribution in [0.5, 0.6) is 0 Å². The minimum absolute atomic E-state index is 0.0108. The average Bonchev–Trinajstić information content (AvgIpc) is 2.67. The third kappa shape index (κ3) is 2.65. The lowest BCUT2D eigenvalue weighted by Crippen LogP contribution is -2.53. The molecule has 1 aliphatic carbocycles. The first-order valence-corrected chi connectivity index (χ1v) is 7.96. The fraction of sp³-hybridized carbons (Fsp3) is 0.667. The average molecular weight is 287 g/mol. The molecule has 1 N–H and O–H groups in total. The van der Waals surface area contributed by atoms with Crippen LogP contribution in [0.15, 0.2) is 11.1 Å². The molecule has 1 aliphatic heterocycles. The highest BCUT2D eigenvalue weighted by Crippen LogP contribution is 2.41. The van der Waals surface area contributed by atoms with E-state index >= 15 is 0 Å². The highest BCUT2D eigenvalue weighted by atomic mass is 32.2. The SMILES string of the molecule is CCOC(=O)C1(NC(C)=O)CC2=C(C1)CS(=O)(=O)C2. The van der Waals surface area contributed by atoms with E-state index < -0.39 is 21.3 Å². The smallest absolute Gasteiger partial charge is 0.332 e. The number of nitrogens with one attached hydrogen (secondary N) is 1. The van der Waals surface area contributed by atoms with Crippen LogP contribution in [0, 0.1) is 0 Å². The maximum Gasteiger partial charge on any atom is 0.332 e. The lowest BCUT2D eigenvalue weighted by Gasteiger charge is -2.28. The Morgan fingerprint density at radius 1 is 1.26 bits per heavy atom. The number of rotatable bonds is 3. The summed E-state index contributed by atoms with van der Waals surface area (Å²) in [6.45, 7) is 3.25. The summed E-state index contributed by atoms with van der Waals surface area (Å²) in [5, 5.41) is 2.65. The van der Waals surface area contributed by atoms with Crippen molar-refractivity contribution in [2.75, 3.05) is 18.1 Å². The van der Waals surface area contributed by atoms with Crippen molar-refractivity contribution < 1.29 is 22.7 Å². The van der Waals surface area contributed by atoms with E-state index in [0.717, 1.165) is 11.1 Å². The standard InChI is InChI=1S/C12H17NO5S/c1-3-18-11(15)12(13-8(2)14)4-9-6-19(16,17)7-10(9)5-12/h3-7H2,1-2H3,(H,13,14). The molecule has 0 aromatic rings. The molecule has 0 atom stereocenters. The zero-order valence-electron chi connectivity index (χ0n) is 11.0. The molecule has 1 amide bonds. The van der Waals surface area contributed by atoms with Gasteiger partial charge in [0.1, 0.15) is 5.54 Å². The zero-order chi connectivity index (χ0) is 14.3. The first-order valence-electron chi connectivity index (χ1n) is 6.14. The molecule has 0 bridgehead atoms. The van der Waals surface area contributed by atoms with Gasteiger partial charge < -0.3 is 10.1 Å². The van der Waals surface area contributed by atoms with Gasteiger partial charge in [-0.05, 0) is 6.92 Å². The van der Waals surface area contributed by atoms with E-state index in [2.05, 4.69) is 5.32 Å². The minimum atomic E-state index is -3.06. The third-order valence-electron chi connectivity index (χ3n) is 3.40. The van der Waals surface area contributed by atoms with Crippen LogP contribution in [0.1, 0.15) is 26.7 Å². The van der Waals surface area contributed by atoms with Gasteiger partial charge in [-0.3, -0.25) is 4.79 Å². The fourth-order valence-corrected chi connectivity index (χ4v) is 4.60. The maximum atomic E-state index is 12.1. The molecule has 6 nitrogen and oxygen atoms in total. The first kappa shape index (κ1) is 14.0. The second-order valence-corrected chi connectivity index (χ2v) is 7.14. The van der Waals surface area contributed by atoms with E-state index in [-0.39, 0.29) is 36.9 Å². The molecule has 106 valence electrons. The monoisotopic (exact) mass is 287 g/mol. The summed E-state index contributed by atoms with van der Waals surface area (Å²) < 4.78 is 28.1. The number of esters is 1. The summed E-state index contributed by atoms with van der Waals surface area (Å²) in [5.41, 5.74) is 0.395. The molecule has 7 heteroatoms. The van der Waals surface area contributed by atoms with Gasteiger partial charge in [0.2, 0.25) is 5.91 Å². The van der Waals surface area contributed by atoms with E-state index in [1.165, 1.54) is 6.92 Å². The summed E-state index contributed by atoms with van der Waals surface area (Å²) in [4.78, 5) is 23.4. The molecule has 19 heavy (non-hydrogen) atoms. The van der Waals surface area contributed by atoms with Crippen molar-refractivity contribution in [1.82, 2.24) is 5.32 Å². The van der Waals surface area contributed by atoms with Gasteiger partial charge in [0, 0.05) is 19.8 Å². The van der Waals surface area contributed by atoms with Gasteiger partial charge in [0.25, 0.3) is 0 Å². The van der Waals surface area contributed by atoms with Crippen LogP contribution >= 0.6 is 0 Å². The predicted molar refractivity (Wildman–Crippen MR) is 68.1 cm³/mol. The number of hydrogen-bond acceptors (Lipinski definition) is 5. The summed E-state index contributed by atoms with van der Waals surface area (Å²) in [5.74, 6) is -0.833. The first-order chi connectivity index (χ1) is 8.78. The molecule has 0 aromatic carbocycles. The molecule has 0 saturated heterocycles. The van der Waals surface area contributed by atoms with Crippen molar-refractivity contribution in [2.24, 2.45) is 0 Å². The summed E-state index contributed by atoms with van der Waals surface area (Å²) in [6, 6.07) is 0. The Bertz CT molecular complexity index is 537. The summed E-state index contributed by atoms with van der Waals surface area (Å²) in [7, 11) is -3.06. The second kappa shape index (κ2) is 4.63. The van der Waals surface area contributed by atoms with Crippen LogP contribution in [0.3, 0.4) is 0 Å². The molecule has 2 aliphatic rings. The van der Waals surface area contributed by atoms with Gasteiger partial charge in [0.15, 0.2) is 9.84 Å². The van der Waals surface area contributed by atoms with E-state index in [4.69, 9.17) is 4.74 Å². The minimum Gasteiger partial charge on any atom is -0.464 e. The van der Waals surface area contributed by atoms with E-state index in [9.17, 15) is 18.0 Å². The second-order valence-electron chi connectivity index (χ2n) is 5.08. The topological polar surface area (TPSA) is 89.5 Å². The summed E-state index contributed by atoms with van der Waals surface area (Å²) >= 11 is 0. The van der Waals surface area contributed by atoms with Gasteiger partial charge in [0.05, 0.1) is 18.1 Å². The van der Waals surface area contributed by atoms with Gasteiger partial charge >= 0.3 is 5.97 Å². The van der Waals surface area contributed by atoms with Crippen molar-refractivity contribution >= 4 is 21.7 Å². The number of hydrogen-bond donors (Lipinski definition) is 1. The van der Waals surface area contributed by atoms with E-state index in [1.807, 2.05) is 0 Å². The van der Waals surface area contributed by atoms with Gasteiger partial charge in [-0.1, -0.05) is 11.1 Å². The molecule has 0 spiro atoms. The number of ether oxygens (including phenoxy) is 1. The molecule has 0 fully saturated rings. The van der Waals surface area contributed by atoms with Gasteiger partial charge in [-0.15, -0.1) is 0 Å². The molecule has 1 heterocycles. The van der Waals surface area contributed by atoms with Crippen LogP contribution in [0.2, 0.25) is 0 Å². The van der Waals surface area contributed by atoms with Gasteiger partial charge in [-0.2, -0.15) is 0 Å². The predicted octanol–water partition coefficient (Wildman–Crippen LogP) is -0.0568. The Balaban J connectivity index is 2.22. The van der Waals surface area contributed by atoms with Crippen LogP contribution in [0.25, 0.3) is 0 Å². The van der Waals surface area contributed by atoms with Crippen LogP contribution in [0.4, 0.5) is 0 Å². The number of carbonyl (C=O) groups is 2. The van der Waals surface area contributed by atoms with Crippen molar-refractivity contribution in [2.45, 2.75) is 32.2 Å². The number of sulfone groups is 1. The highest BCUT2D eigenvalue weighted by molar-refractivity contribution is 7.92. The van der Waals surface area contributed by atoms with Gasteiger partial charge in [-0.25, -0.2) is 13.2 Å². The molecule has 0 unspecified atom stereocenters. The van der Waals surface area contributed by atoms with E-state index in [1.54, 1.807) is 6.92 Å². The Morgan fingerprint density at radius 2 is 1.79 bits per heavy atom. The number of amides is 1. The van der Waals surface area contributed by atoms with Crippen LogP contribution in [-0.4, -0.2) is 43.9 Å². The Kier molecular flexibility index (Phi) is 3.42. The zero-order valence-corrected chi connectivity index (χ0v) is 11.8. The number of carbonyl (C=O) groups excluding carboxylic acids is 2. The van der Waals surface area contributed by atoms with Crippen molar-refractivity contribution in [1.29, 1.82) is 0 Å². The molecular weight excluding hydrogens is 270 g/mol. The molecule has 2 rings (SSSR count). The van der Waals surface area contributed by atoms with Crippen LogP contribution in [-0.2, 0) is 24.2 Å². The molecule has 0 saturated carbocycles. The Hall–Kier alpha value is -1.37. The summed E-state index contributed by atoms with van der Waals surface area (Å²) in [6.07, 6.45) is 0.472. The normalized spacial score (nSPS) is 23.1. The molecular formula is C12H17NO5S. The lowest BCUT2D eigenvalue weighted by atomic mass is 9.94. The third-order valence-corrected chi connectivity index (χ3v) is 4.98. The molecule has 0 aromatic heterocycles.